The van der Waals surface area contributed by atoms with Gasteiger partial charge in [-0.25, -0.2) is 9.97 Å². The summed E-state index contributed by atoms with van der Waals surface area (Å²) in [5.41, 5.74) is 0. The van der Waals surface area contributed by atoms with Crippen molar-refractivity contribution in [1.82, 2.24) is 14.9 Å². The molecule has 0 aromatic carbocycles. The van der Waals surface area contributed by atoms with Crippen LogP contribution in [0.2, 0.25) is 0 Å². The second kappa shape index (κ2) is 8.69. The van der Waals surface area contributed by atoms with E-state index in [9.17, 15) is 0 Å². The molecule has 2 N–H and O–H groups in total. The maximum atomic E-state index is 4.22. The molecule has 0 fully saturated rings. The van der Waals surface area contributed by atoms with Crippen LogP contribution in [-0.4, -0.2) is 48.6 Å². The highest BCUT2D eigenvalue weighted by Gasteiger charge is 1.99. The van der Waals surface area contributed by atoms with Gasteiger partial charge in [-0.15, -0.1) is 0 Å². The van der Waals surface area contributed by atoms with Crippen LogP contribution in [0, 0.1) is 5.92 Å². The summed E-state index contributed by atoms with van der Waals surface area (Å²) in [6, 6.07) is 1.97. The first-order valence-electron chi connectivity index (χ1n) is 7.02. The van der Waals surface area contributed by atoms with E-state index >= 15 is 0 Å². The molecule has 0 radical (unpaired) electrons. The molecule has 1 heterocycles. The summed E-state index contributed by atoms with van der Waals surface area (Å²) in [7, 11) is 4.17. The molecule has 0 aliphatic heterocycles. The normalized spacial score (nSPS) is 11.1. The average Bonchev–Trinajstić information content (AvgIpc) is 2.34. The Morgan fingerprint density at radius 1 is 1.11 bits per heavy atom. The van der Waals surface area contributed by atoms with Crippen molar-refractivity contribution in [3.63, 3.8) is 0 Å². The van der Waals surface area contributed by atoms with Gasteiger partial charge in [0, 0.05) is 19.2 Å². The van der Waals surface area contributed by atoms with E-state index in [4.69, 9.17) is 0 Å². The van der Waals surface area contributed by atoms with Gasteiger partial charge < -0.3 is 15.5 Å². The summed E-state index contributed by atoms with van der Waals surface area (Å²) in [5.74, 6) is 2.49. The minimum atomic E-state index is 0.706. The van der Waals surface area contributed by atoms with E-state index in [2.05, 4.69) is 53.4 Å². The molecule has 0 saturated carbocycles. The molecule has 1 aromatic heterocycles. The zero-order chi connectivity index (χ0) is 14.1. The van der Waals surface area contributed by atoms with E-state index < -0.39 is 0 Å². The van der Waals surface area contributed by atoms with Gasteiger partial charge in [0.25, 0.3) is 0 Å². The Hall–Kier alpha value is -1.36. The number of hydrogen-bond donors (Lipinski definition) is 2. The Bertz CT molecular complexity index is 351. The highest BCUT2D eigenvalue weighted by Crippen LogP contribution is 2.09. The van der Waals surface area contributed by atoms with Gasteiger partial charge in [-0.1, -0.05) is 13.8 Å². The molecule has 0 spiro atoms. The molecule has 0 atom stereocenters. The predicted molar refractivity (Wildman–Crippen MR) is 81.6 cm³/mol. The van der Waals surface area contributed by atoms with Crippen molar-refractivity contribution in [1.29, 1.82) is 0 Å². The van der Waals surface area contributed by atoms with E-state index in [0.29, 0.717) is 5.92 Å². The highest BCUT2D eigenvalue weighted by molar-refractivity contribution is 5.46. The van der Waals surface area contributed by atoms with Crippen molar-refractivity contribution < 1.29 is 0 Å². The fourth-order valence-electron chi connectivity index (χ4n) is 1.65. The molecule has 0 unspecified atom stereocenters. The van der Waals surface area contributed by atoms with Crippen molar-refractivity contribution in [3.8, 4) is 0 Å². The Morgan fingerprint density at radius 2 is 1.74 bits per heavy atom. The molecule has 1 aromatic rings. The topological polar surface area (TPSA) is 53.1 Å². The molecule has 108 valence electrons. The summed E-state index contributed by atoms with van der Waals surface area (Å²) in [4.78, 5) is 10.6. The van der Waals surface area contributed by atoms with Crippen molar-refractivity contribution in [2.75, 3.05) is 44.4 Å². The van der Waals surface area contributed by atoms with Gasteiger partial charge in [0.05, 0.1) is 0 Å². The molecule has 5 nitrogen and oxygen atoms in total. The zero-order valence-corrected chi connectivity index (χ0v) is 12.6. The second-order valence-electron chi connectivity index (χ2n) is 5.48. The van der Waals surface area contributed by atoms with Crippen molar-refractivity contribution in [2.45, 2.75) is 26.7 Å². The first kappa shape index (κ1) is 15.7. The van der Waals surface area contributed by atoms with Crippen molar-refractivity contribution in [3.05, 3.63) is 12.4 Å². The van der Waals surface area contributed by atoms with Gasteiger partial charge >= 0.3 is 0 Å². The smallest absolute Gasteiger partial charge is 0.131 e. The maximum Gasteiger partial charge on any atom is 0.131 e. The molecular weight excluding hydrogens is 238 g/mol. The highest BCUT2D eigenvalue weighted by atomic mass is 15.1. The maximum absolute atomic E-state index is 4.22. The lowest BCUT2D eigenvalue weighted by atomic mass is 10.1. The number of nitrogens with zero attached hydrogens (tertiary/aromatic N) is 3. The third-order valence-electron chi connectivity index (χ3n) is 2.78. The fourth-order valence-corrected chi connectivity index (χ4v) is 1.65. The third-order valence-corrected chi connectivity index (χ3v) is 2.78. The van der Waals surface area contributed by atoms with Gasteiger partial charge in [0.15, 0.2) is 0 Å². The number of anilines is 2. The number of hydrogen-bond acceptors (Lipinski definition) is 5. The standard InChI is InChI=1S/C14H27N5/c1-12(2)6-8-16-14-10-13(17-11-18-14)15-7-5-9-19(3)4/h10-12H,5-9H2,1-4H3,(H2,15,16,17,18). The number of nitrogens with one attached hydrogen (secondary N) is 2. The molecule has 19 heavy (non-hydrogen) atoms. The molecule has 0 aliphatic rings. The van der Waals surface area contributed by atoms with E-state index in [1.165, 1.54) is 0 Å². The van der Waals surface area contributed by atoms with Crippen LogP contribution in [0.3, 0.4) is 0 Å². The lowest BCUT2D eigenvalue weighted by molar-refractivity contribution is 0.405. The third kappa shape index (κ3) is 7.62. The summed E-state index contributed by atoms with van der Waals surface area (Å²) in [6.07, 6.45) is 3.86. The molecule has 0 aliphatic carbocycles. The molecular formula is C14H27N5. The first-order chi connectivity index (χ1) is 9.08. The fraction of sp³-hybridized carbons (Fsp3) is 0.714. The van der Waals surface area contributed by atoms with Gasteiger partial charge in [-0.2, -0.15) is 0 Å². The SMILES string of the molecule is CC(C)CCNc1cc(NCCCN(C)C)ncn1. The summed E-state index contributed by atoms with van der Waals surface area (Å²) in [5, 5.41) is 6.65. The van der Waals surface area contributed by atoms with Gasteiger partial charge in [-0.3, -0.25) is 0 Å². The van der Waals surface area contributed by atoms with Crippen LogP contribution in [0.25, 0.3) is 0 Å². The van der Waals surface area contributed by atoms with E-state index in [-0.39, 0.29) is 0 Å². The average molecular weight is 265 g/mol. The summed E-state index contributed by atoms with van der Waals surface area (Å²) >= 11 is 0. The van der Waals surface area contributed by atoms with Crippen LogP contribution in [0.4, 0.5) is 11.6 Å². The van der Waals surface area contributed by atoms with Crippen LogP contribution in [-0.2, 0) is 0 Å². The van der Waals surface area contributed by atoms with Crippen molar-refractivity contribution in [2.24, 2.45) is 5.92 Å². The predicted octanol–water partition coefficient (Wildman–Crippen LogP) is 2.30. The van der Waals surface area contributed by atoms with Crippen LogP contribution in [0.5, 0.6) is 0 Å². The lowest BCUT2D eigenvalue weighted by Crippen LogP contribution is -2.16. The van der Waals surface area contributed by atoms with E-state index in [0.717, 1.165) is 44.1 Å². The molecule has 0 saturated heterocycles. The summed E-state index contributed by atoms with van der Waals surface area (Å²) < 4.78 is 0. The van der Waals surface area contributed by atoms with Crippen molar-refractivity contribution >= 4 is 11.6 Å². The first-order valence-corrected chi connectivity index (χ1v) is 7.02. The van der Waals surface area contributed by atoms with Gasteiger partial charge in [-0.05, 0) is 39.4 Å². The van der Waals surface area contributed by atoms with Crippen LogP contribution >= 0.6 is 0 Å². The van der Waals surface area contributed by atoms with Crippen LogP contribution in [0.15, 0.2) is 12.4 Å². The minimum absolute atomic E-state index is 0.706. The molecule has 1 rings (SSSR count). The zero-order valence-electron chi connectivity index (χ0n) is 12.6. The largest absolute Gasteiger partial charge is 0.370 e. The van der Waals surface area contributed by atoms with E-state index in [1.807, 2.05) is 6.07 Å². The quantitative estimate of drug-likeness (QED) is 0.671. The monoisotopic (exact) mass is 265 g/mol. The van der Waals surface area contributed by atoms with Gasteiger partial charge in [0.2, 0.25) is 0 Å². The van der Waals surface area contributed by atoms with Gasteiger partial charge in [0.1, 0.15) is 18.0 Å². The van der Waals surface area contributed by atoms with Crippen LogP contribution in [0.1, 0.15) is 26.7 Å². The lowest BCUT2D eigenvalue weighted by Gasteiger charge is -2.11. The molecule has 0 bridgehead atoms. The van der Waals surface area contributed by atoms with E-state index in [1.54, 1.807) is 6.33 Å². The summed E-state index contributed by atoms with van der Waals surface area (Å²) in [6.45, 7) is 7.41. The minimum Gasteiger partial charge on any atom is -0.370 e. The Kier molecular flexibility index (Phi) is 7.18. The Labute approximate surface area is 116 Å². The second-order valence-corrected chi connectivity index (χ2v) is 5.48. The Balaban J connectivity index is 2.31. The Morgan fingerprint density at radius 3 is 2.32 bits per heavy atom. The molecule has 0 amide bonds. The number of aromatic nitrogens is 2. The van der Waals surface area contributed by atoms with Crippen LogP contribution < -0.4 is 10.6 Å². The number of rotatable bonds is 9. The molecule has 5 heteroatoms.